The number of anilines is 2. The van der Waals surface area contributed by atoms with Gasteiger partial charge in [-0.25, -0.2) is 4.79 Å². The van der Waals surface area contributed by atoms with Gasteiger partial charge in [-0.2, -0.15) is 0 Å². The van der Waals surface area contributed by atoms with E-state index >= 15 is 0 Å². The number of fused-ring (bicyclic) bond motifs is 1. The highest BCUT2D eigenvalue weighted by atomic mass is 32.2. The van der Waals surface area contributed by atoms with Gasteiger partial charge in [0.1, 0.15) is 11.3 Å². The molecule has 0 saturated heterocycles. The first kappa shape index (κ1) is 20.4. The molecule has 4 rings (SSSR count). The lowest BCUT2D eigenvalue weighted by atomic mass is 10.0. The van der Waals surface area contributed by atoms with Gasteiger partial charge in [0.15, 0.2) is 4.34 Å². The number of thioether (sulfide) groups is 1. The van der Waals surface area contributed by atoms with Crippen LogP contribution in [0.25, 0.3) is 11.0 Å². The van der Waals surface area contributed by atoms with Crippen molar-refractivity contribution in [1.82, 2.24) is 10.2 Å². The summed E-state index contributed by atoms with van der Waals surface area (Å²) in [6.07, 6.45) is 0. The second-order valence-corrected chi connectivity index (χ2v) is 8.89. The van der Waals surface area contributed by atoms with Crippen LogP contribution in [-0.2, 0) is 5.75 Å². The van der Waals surface area contributed by atoms with Gasteiger partial charge in [-0.05, 0) is 49.6 Å². The third-order valence-electron chi connectivity index (χ3n) is 4.70. The fourth-order valence-electron chi connectivity index (χ4n) is 3.07. The van der Waals surface area contributed by atoms with Crippen molar-refractivity contribution in [3.05, 3.63) is 69.6 Å². The fourth-order valence-corrected chi connectivity index (χ4v) is 4.82. The number of para-hydroxylation sites is 2. The highest BCUT2D eigenvalue weighted by molar-refractivity contribution is 8.00. The summed E-state index contributed by atoms with van der Waals surface area (Å²) in [4.78, 5) is 12.0. The van der Waals surface area contributed by atoms with Crippen molar-refractivity contribution in [2.45, 2.75) is 30.9 Å². The van der Waals surface area contributed by atoms with Gasteiger partial charge in [-0.3, -0.25) is 0 Å². The Balaban J connectivity index is 1.52. The summed E-state index contributed by atoms with van der Waals surface area (Å²) in [5.41, 5.74) is 4.20. The van der Waals surface area contributed by atoms with Crippen LogP contribution in [0.5, 0.6) is 5.75 Å². The SMILES string of the molecule is CCOc1ccccc1Nc1nnc(SCc2cc(=O)oc3c(C)c(C)ccc23)s1. The van der Waals surface area contributed by atoms with Crippen LogP contribution in [0.4, 0.5) is 10.8 Å². The largest absolute Gasteiger partial charge is 0.492 e. The van der Waals surface area contributed by atoms with E-state index in [1.54, 1.807) is 17.8 Å². The highest BCUT2D eigenvalue weighted by Crippen LogP contribution is 2.34. The van der Waals surface area contributed by atoms with E-state index < -0.39 is 0 Å². The van der Waals surface area contributed by atoms with E-state index in [1.165, 1.54) is 11.3 Å². The summed E-state index contributed by atoms with van der Waals surface area (Å²) in [6.45, 7) is 6.52. The van der Waals surface area contributed by atoms with E-state index in [9.17, 15) is 4.79 Å². The number of aromatic nitrogens is 2. The quantitative estimate of drug-likeness (QED) is 0.292. The zero-order valence-corrected chi connectivity index (χ0v) is 18.5. The Bertz CT molecular complexity index is 1250. The molecule has 0 aliphatic heterocycles. The molecule has 0 bridgehead atoms. The number of hydrogen-bond donors (Lipinski definition) is 1. The molecule has 0 radical (unpaired) electrons. The molecule has 154 valence electrons. The lowest BCUT2D eigenvalue weighted by Gasteiger charge is -2.09. The van der Waals surface area contributed by atoms with Gasteiger partial charge in [0.05, 0.1) is 12.3 Å². The molecule has 0 saturated carbocycles. The van der Waals surface area contributed by atoms with Crippen molar-refractivity contribution in [3.8, 4) is 5.75 Å². The summed E-state index contributed by atoms with van der Waals surface area (Å²) >= 11 is 3.01. The van der Waals surface area contributed by atoms with E-state index in [2.05, 4.69) is 21.6 Å². The van der Waals surface area contributed by atoms with Crippen LogP contribution in [0.1, 0.15) is 23.6 Å². The van der Waals surface area contributed by atoms with E-state index in [1.807, 2.05) is 51.1 Å². The molecule has 4 aromatic rings. The summed E-state index contributed by atoms with van der Waals surface area (Å²) in [5, 5.41) is 13.4. The number of benzene rings is 2. The van der Waals surface area contributed by atoms with Gasteiger partial charge in [-0.1, -0.05) is 47.4 Å². The van der Waals surface area contributed by atoms with Crippen molar-refractivity contribution >= 4 is 44.9 Å². The van der Waals surface area contributed by atoms with Gasteiger partial charge in [0.25, 0.3) is 0 Å². The topological polar surface area (TPSA) is 77.2 Å². The molecule has 6 nitrogen and oxygen atoms in total. The van der Waals surface area contributed by atoms with Crippen LogP contribution < -0.4 is 15.7 Å². The predicted octanol–water partition coefficient (Wildman–Crippen LogP) is 5.70. The van der Waals surface area contributed by atoms with Crippen LogP contribution in [0, 0.1) is 13.8 Å². The number of ether oxygens (including phenoxy) is 1. The van der Waals surface area contributed by atoms with E-state index in [4.69, 9.17) is 9.15 Å². The smallest absolute Gasteiger partial charge is 0.336 e. The van der Waals surface area contributed by atoms with E-state index in [0.717, 1.165) is 37.9 Å². The highest BCUT2D eigenvalue weighted by Gasteiger charge is 2.12. The molecule has 0 aliphatic rings. The van der Waals surface area contributed by atoms with E-state index in [-0.39, 0.29) is 5.63 Å². The second kappa shape index (κ2) is 8.89. The standard InChI is InChI=1S/C22H21N3O3S2/c1-4-27-18-8-6-5-7-17(18)23-21-24-25-22(30-21)29-12-15-11-19(26)28-20-14(3)13(2)9-10-16(15)20/h5-11H,4,12H2,1-3H3,(H,23,24). The molecule has 1 N–H and O–H groups in total. The Morgan fingerprint density at radius 3 is 2.83 bits per heavy atom. The summed E-state index contributed by atoms with van der Waals surface area (Å²) in [7, 11) is 0. The Kier molecular flexibility index (Phi) is 6.06. The number of hydrogen-bond acceptors (Lipinski definition) is 8. The monoisotopic (exact) mass is 439 g/mol. The van der Waals surface area contributed by atoms with Gasteiger partial charge >= 0.3 is 5.63 Å². The average molecular weight is 440 g/mol. The molecular weight excluding hydrogens is 418 g/mol. The Hall–Kier alpha value is -2.84. The van der Waals surface area contributed by atoms with Gasteiger partial charge < -0.3 is 14.5 Å². The average Bonchev–Trinajstić information content (AvgIpc) is 3.18. The normalized spacial score (nSPS) is 11.0. The Labute approximate surface area is 182 Å². The second-order valence-electron chi connectivity index (χ2n) is 6.69. The zero-order valence-electron chi connectivity index (χ0n) is 16.9. The van der Waals surface area contributed by atoms with Crippen molar-refractivity contribution in [3.63, 3.8) is 0 Å². The molecule has 2 aromatic carbocycles. The van der Waals surface area contributed by atoms with Crippen molar-refractivity contribution in [2.75, 3.05) is 11.9 Å². The van der Waals surface area contributed by atoms with Gasteiger partial charge in [0, 0.05) is 17.2 Å². The van der Waals surface area contributed by atoms with Crippen LogP contribution in [0.3, 0.4) is 0 Å². The van der Waals surface area contributed by atoms with E-state index in [0.29, 0.717) is 23.1 Å². The van der Waals surface area contributed by atoms with Crippen molar-refractivity contribution < 1.29 is 9.15 Å². The van der Waals surface area contributed by atoms with Crippen molar-refractivity contribution in [2.24, 2.45) is 0 Å². The molecule has 0 spiro atoms. The molecule has 0 amide bonds. The lowest BCUT2D eigenvalue weighted by molar-refractivity contribution is 0.342. The molecule has 8 heteroatoms. The van der Waals surface area contributed by atoms with Crippen LogP contribution in [0.2, 0.25) is 0 Å². The molecule has 0 atom stereocenters. The first-order valence-corrected chi connectivity index (χ1v) is 11.3. The molecule has 2 aromatic heterocycles. The van der Waals surface area contributed by atoms with Crippen LogP contribution in [0.15, 0.2) is 56.0 Å². The van der Waals surface area contributed by atoms with Gasteiger partial charge in [0.2, 0.25) is 5.13 Å². The maximum Gasteiger partial charge on any atom is 0.336 e. The molecule has 2 heterocycles. The molecule has 0 aliphatic carbocycles. The number of nitrogens with zero attached hydrogens (tertiary/aromatic N) is 2. The Morgan fingerprint density at radius 1 is 1.17 bits per heavy atom. The fraction of sp³-hybridized carbons (Fsp3) is 0.227. The molecular formula is C22H21N3O3S2. The Morgan fingerprint density at radius 2 is 2.00 bits per heavy atom. The lowest BCUT2D eigenvalue weighted by Crippen LogP contribution is -2.01. The third kappa shape index (κ3) is 4.34. The molecule has 0 fully saturated rings. The minimum Gasteiger partial charge on any atom is -0.492 e. The first-order chi connectivity index (χ1) is 14.5. The maximum atomic E-state index is 12.0. The molecule has 30 heavy (non-hydrogen) atoms. The maximum absolute atomic E-state index is 12.0. The minimum absolute atomic E-state index is 0.334. The summed E-state index contributed by atoms with van der Waals surface area (Å²) in [6, 6.07) is 13.3. The van der Waals surface area contributed by atoms with Gasteiger partial charge in [-0.15, -0.1) is 10.2 Å². The zero-order chi connectivity index (χ0) is 21.1. The molecule has 0 unspecified atom stereocenters. The number of aryl methyl sites for hydroxylation is 2. The number of rotatable bonds is 7. The number of nitrogens with one attached hydrogen (secondary N) is 1. The minimum atomic E-state index is -0.334. The summed E-state index contributed by atoms with van der Waals surface area (Å²) in [5.74, 6) is 1.38. The summed E-state index contributed by atoms with van der Waals surface area (Å²) < 4.78 is 11.9. The van der Waals surface area contributed by atoms with Crippen LogP contribution >= 0.6 is 23.1 Å². The predicted molar refractivity (Wildman–Crippen MR) is 122 cm³/mol. The third-order valence-corrected chi connectivity index (χ3v) is 6.72. The van der Waals surface area contributed by atoms with Crippen molar-refractivity contribution in [1.29, 1.82) is 0 Å². The first-order valence-electron chi connectivity index (χ1n) is 9.53. The van der Waals surface area contributed by atoms with Crippen LogP contribution in [-0.4, -0.2) is 16.8 Å².